The molecule has 6 heteroatoms. The second-order valence-electron chi connectivity index (χ2n) is 7.00. The van der Waals surface area contributed by atoms with E-state index in [-0.39, 0.29) is 6.42 Å². The highest BCUT2D eigenvalue weighted by atomic mass is 32.2. The highest BCUT2D eigenvalue weighted by Crippen LogP contribution is 2.13. The zero-order valence-corrected chi connectivity index (χ0v) is 16.9. The molecule has 0 aliphatic heterocycles. The zero-order chi connectivity index (χ0) is 18.8. The molecule has 0 aromatic rings. The van der Waals surface area contributed by atoms with Crippen LogP contribution in [0.15, 0.2) is 0 Å². The minimum atomic E-state index is -4.02. The molecule has 0 fully saturated rings. The molecule has 1 atom stereocenters. The molecule has 0 heterocycles. The average molecular weight is 381 g/mol. The molecule has 0 aromatic heterocycles. The van der Waals surface area contributed by atoms with Gasteiger partial charge in [-0.2, -0.15) is 8.42 Å². The van der Waals surface area contributed by atoms with Crippen molar-refractivity contribution in [2.45, 2.75) is 110 Å². The molecule has 5 nitrogen and oxygen atoms in total. The summed E-state index contributed by atoms with van der Waals surface area (Å²) in [6, 6.07) is 0. The highest BCUT2D eigenvalue weighted by molar-refractivity contribution is 7.85. The first kappa shape index (κ1) is 24.8. The fraction of sp³-hybridized carbons (Fsp3) is 1.00. The molecule has 0 saturated heterocycles. The lowest BCUT2D eigenvalue weighted by atomic mass is 10.0. The minimum absolute atomic E-state index is 0.0859. The van der Waals surface area contributed by atoms with E-state index in [0.29, 0.717) is 6.61 Å². The van der Waals surface area contributed by atoms with Gasteiger partial charge >= 0.3 is 0 Å². The van der Waals surface area contributed by atoms with Crippen LogP contribution in [0, 0.1) is 0 Å². The monoisotopic (exact) mass is 380 g/mol. The van der Waals surface area contributed by atoms with E-state index in [1.165, 1.54) is 77.0 Å². The van der Waals surface area contributed by atoms with Crippen molar-refractivity contribution in [2.75, 3.05) is 12.4 Å². The molecular weight excluding hydrogens is 340 g/mol. The molecule has 0 aliphatic rings. The Hall–Kier alpha value is -0.170. The van der Waals surface area contributed by atoms with Crippen molar-refractivity contribution in [2.24, 2.45) is 0 Å². The molecule has 25 heavy (non-hydrogen) atoms. The SMILES string of the molecule is CCCCCCCCCCCCCCCCOC(O)CCS(=O)(=O)O. The molecule has 0 bridgehead atoms. The number of hydrogen-bond donors (Lipinski definition) is 2. The predicted molar refractivity (Wildman–Crippen MR) is 103 cm³/mol. The number of unbranched alkanes of at least 4 members (excludes halogenated alkanes) is 13. The van der Waals surface area contributed by atoms with Crippen LogP contribution in [0.3, 0.4) is 0 Å². The lowest BCUT2D eigenvalue weighted by molar-refractivity contribution is -0.100. The molecule has 0 amide bonds. The fourth-order valence-corrected chi connectivity index (χ4v) is 3.35. The summed E-state index contributed by atoms with van der Waals surface area (Å²) < 4.78 is 34.8. The number of ether oxygens (including phenoxy) is 1. The summed E-state index contributed by atoms with van der Waals surface area (Å²) in [7, 11) is -4.02. The molecule has 0 aromatic carbocycles. The number of aliphatic hydroxyl groups excluding tert-OH is 1. The largest absolute Gasteiger partial charge is 0.368 e. The number of hydrogen-bond acceptors (Lipinski definition) is 4. The average Bonchev–Trinajstić information content (AvgIpc) is 2.56. The molecule has 1 unspecified atom stereocenters. The second kappa shape index (κ2) is 17.3. The van der Waals surface area contributed by atoms with Crippen molar-refractivity contribution in [3.05, 3.63) is 0 Å². The van der Waals surface area contributed by atoms with Gasteiger partial charge in [-0.1, -0.05) is 90.4 Å². The van der Waals surface area contributed by atoms with E-state index in [0.717, 1.165) is 12.8 Å². The molecule has 2 N–H and O–H groups in total. The summed E-state index contributed by atoms with van der Waals surface area (Å²) in [5.41, 5.74) is 0. The van der Waals surface area contributed by atoms with Gasteiger partial charge in [-0.05, 0) is 6.42 Å². The predicted octanol–water partition coefficient (Wildman–Crippen LogP) is 5.08. The van der Waals surface area contributed by atoms with Gasteiger partial charge in [0.15, 0.2) is 6.29 Å². The van der Waals surface area contributed by atoms with Crippen molar-refractivity contribution in [1.29, 1.82) is 0 Å². The Morgan fingerprint density at radius 2 is 1.16 bits per heavy atom. The maximum absolute atomic E-state index is 10.5. The molecule has 152 valence electrons. The molecule has 0 rings (SSSR count). The van der Waals surface area contributed by atoms with Gasteiger partial charge in [0, 0.05) is 13.0 Å². The third kappa shape index (κ3) is 21.8. The maximum Gasteiger partial charge on any atom is 0.265 e. The van der Waals surface area contributed by atoms with Crippen LogP contribution < -0.4 is 0 Å². The van der Waals surface area contributed by atoms with E-state index in [9.17, 15) is 13.5 Å². The Bertz CT molecular complexity index is 370. The van der Waals surface area contributed by atoms with Crippen LogP contribution in [0.1, 0.15) is 103 Å². The Kier molecular flexibility index (Phi) is 17.1. The third-order valence-corrected chi connectivity index (χ3v) is 5.18. The lowest BCUT2D eigenvalue weighted by Gasteiger charge is -2.10. The van der Waals surface area contributed by atoms with Crippen LogP contribution in [0.25, 0.3) is 0 Å². The Morgan fingerprint density at radius 1 is 0.760 bits per heavy atom. The Morgan fingerprint density at radius 3 is 1.56 bits per heavy atom. The van der Waals surface area contributed by atoms with Crippen LogP contribution in [0.5, 0.6) is 0 Å². The molecule has 0 aliphatic carbocycles. The summed E-state index contributed by atoms with van der Waals surface area (Å²) in [6.45, 7) is 2.69. The van der Waals surface area contributed by atoms with Crippen LogP contribution in [-0.2, 0) is 14.9 Å². The Labute approximate surface area is 155 Å². The fourth-order valence-electron chi connectivity index (χ4n) is 2.85. The summed E-state index contributed by atoms with van der Waals surface area (Å²) in [4.78, 5) is 0. The van der Waals surface area contributed by atoms with Gasteiger partial charge in [0.1, 0.15) is 0 Å². The summed E-state index contributed by atoms with van der Waals surface area (Å²) in [5.74, 6) is -0.465. The Balaban J connectivity index is 3.16. The van der Waals surface area contributed by atoms with Gasteiger partial charge in [0.05, 0.1) is 5.75 Å². The molecule has 0 radical (unpaired) electrons. The first-order valence-electron chi connectivity index (χ1n) is 10.2. The van der Waals surface area contributed by atoms with Gasteiger partial charge in [-0.25, -0.2) is 0 Å². The van der Waals surface area contributed by atoms with E-state index in [1.54, 1.807) is 0 Å². The van der Waals surface area contributed by atoms with Crippen molar-refractivity contribution in [3.8, 4) is 0 Å². The van der Waals surface area contributed by atoms with E-state index >= 15 is 0 Å². The topological polar surface area (TPSA) is 83.8 Å². The first-order chi connectivity index (χ1) is 12.0. The number of rotatable bonds is 19. The van der Waals surface area contributed by atoms with Crippen LogP contribution >= 0.6 is 0 Å². The quantitative estimate of drug-likeness (QED) is 0.185. The smallest absolute Gasteiger partial charge is 0.265 e. The third-order valence-electron chi connectivity index (χ3n) is 4.43. The number of aliphatic hydroxyl groups is 1. The van der Waals surface area contributed by atoms with E-state index in [1.807, 2.05) is 0 Å². The summed E-state index contributed by atoms with van der Waals surface area (Å²) in [5, 5.41) is 9.42. The van der Waals surface area contributed by atoms with Crippen molar-refractivity contribution in [3.63, 3.8) is 0 Å². The normalized spacial score (nSPS) is 13.2. The summed E-state index contributed by atoms with van der Waals surface area (Å²) >= 11 is 0. The van der Waals surface area contributed by atoms with E-state index < -0.39 is 22.2 Å². The second-order valence-corrected chi connectivity index (χ2v) is 8.57. The molecular formula is C19H40O5S. The van der Waals surface area contributed by atoms with Gasteiger partial charge in [0.25, 0.3) is 10.1 Å². The van der Waals surface area contributed by atoms with Crippen LogP contribution in [0.4, 0.5) is 0 Å². The molecule has 0 saturated carbocycles. The van der Waals surface area contributed by atoms with Crippen molar-refractivity contribution >= 4 is 10.1 Å². The summed E-state index contributed by atoms with van der Waals surface area (Å²) in [6.07, 6.45) is 16.9. The van der Waals surface area contributed by atoms with Crippen LogP contribution in [-0.4, -0.2) is 36.7 Å². The lowest BCUT2D eigenvalue weighted by Crippen LogP contribution is -2.18. The van der Waals surface area contributed by atoms with Gasteiger partial charge in [-0.3, -0.25) is 4.55 Å². The maximum atomic E-state index is 10.5. The standard InChI is InChI=1S/C19H40O5S/c1-2-3-4-5-6-7-8-9-10-11-12-13-14-15-17-24-19(20)16-18-25(21,22)23/h19-20H,2-18H2,1H3,(H,21,22,23). The van der Waals surface area contributed by atoms with E-state index in [4.69, 9.17) is 9.29 Å². The van der Waals surface area contributed by atoms with Crippen molar-refractivity contribution < 1.29 is 22.8 Å². The van der Waals surface area contributed by atoms with Gasteiger partial charge in [0.2, 0.25) is 0 Å². The van der Waals surface area contributed by atoms with Crippen LogP contribution in [0.2, 0.25) is 0 Å². The van der Waals surface area contributed by atoms with Gasteiger partial charge in [-0.15, -0.1) is 0 Å². The minimum Gasteiger partial charge on any atom is -0.368 e. The molecule has 0 spiro atoms. The van der Waals surface area contributed by atoms with Gasteiger partial charge < -0.3 is 9.84 Å². The van der Waals surface area contributed by atoms with Crippen molar-refractivity contribution in [1.82, 2.24) is 0 Å². The first-order valence-corrected chi connectivity index (χ1v) is 11.8. The zero-order valence-electron chi connectivity index (χ0n) is 16.1. The highest BCUT2D eigenvalue weighted by Gasteiger charge is 2.10. The van der Waals surface area contributed by atoms with E-state index in [2.05, 4.69) is 6.92 Å².